The van der Waals surface area contributed by atoms with Crippen molar-refractivity contribution in [3.05, 3.63) is 0 Å². The maximum absolute atomic E-state index is 12.5. The lowest BCUT2D eigenvalue weighted by molar-refractivity contribution is -0.134. The van der Waals surface area contributed by atoms with E-state index in [0.29, 0.717) is 31.2 Å². The number of carbonyl (C=O) groups is 1. The smallest absolute Gasteiger partial charge is 0.224 e. The lowest BCUT2D eigenvalue weighted by Gasteiger charge is -2.34. The van der Waals surface area contributed by atoms with Gasteiger partial charge in [0.1, 0.15) is 0 Å². The van der Waals surface area contributed by atoms with E-state index < -0.39 is 9.84 Å². The van der Waals surface area contributed by atoms with Crippen LogP contribution in [0.15, 0.2) is 0 Å². The quantitative estimate of drug-likeness (QED) is 0.743. The van der Waals surface area contributed by atoms with E-state index in [1.807, 2.05) is 11.9 Å². The largest absolute Gasteiger partial charge is 0.340 e. The number of sulfone groups is 1. The van der Waals surface area contributed by atoms with Crippen LogP contribution >= 0.6 is 0 Å². The van der Waals surface area contributed by atoms with Crippen LogP contribution in [0.1, 0.15) is 51.9 Å². The van der Waals surface area contributed by atoms with Crippen LogP contribution in [-0.2, 0) is 14.6 Å². The lowest BCUT2D eigenvalue weighted by atomic mass is 9.94. The predicted octanol–water partition coefficient (Wildman–Crippen LogP) is 1.68. The van der Waals surface area contributed by atoms with Gasteiger partial charge in [0.05, 0.1) is 11.5 Å². The normalized spacial score (nSPS) is 25.5. The second-order valence-electron chi connectivity index (χ2n) is 6.76. The van der Waals surface area contributed by atoms with Crippen molar-refractivity contribution in [2.45, 2.75) is 64.0 Å². The van der Waals surface area contributed by atoms with Crippen molar-refractivity contribution in [3.63, 3.8) is 0 Å². The van der Waals surface area contributed by atoms with Crippen molar-refractivity contribution < 1.29 is 13.2 Å². The molecule has 1 aliphatic heterocycles. The van der Waals surface area contributed by atoms with Gasteiger partial charge in [-0.3, -0.25) is 4.79 Å². The Hall–Kier alpha value is -0.620. The highest BCUT2D eigenvalue weighted by Gasteiger charge is 2.31. The molecule has 0 radical (unpaired) electrons. The third-order valence-electron chi connectivity index (χ3n) is 5.19. The second-order valence-corrected chi connectivity index (χ2v) is 8.99. The van der Waals surface area contributed by atoms with Crippen LogP contribution < -0.4 is 0 Å². The van der Waals surface area contributed by atoms with Gasteiger partial charge in [0.25, 0.3) is 0 Å². The Morgan fingerprint density at radius 1 is 1.09 bits per heavy atom. The molecular formula is C16H30N2O3S. The zero-order chi connectivity index (χ0) is 16.2. The zero-order valence-corrected chi connectivity index (χ0v) is 14.8. The van der Waals surface area contributed by atoms with Crippen molar-refractivity contribution in [3.8, 4) is 0 Å². The molecule has 0 bridgehead atoms. The van der Waals surface area contributed by atoms with Crippen molar-refractivity contribution in [2.24, 2.45) is 0 Å². The van der Waals surface area contributed by atoms with Crippen LogP contribution in [0.3, 0.4) is 0 Å². The average Bonchev–Trinajstić information content (AvgIpc) is 2.87. The Balaban J connectivity index is 1.80. The molecule has 0 aromatic heterocycles. The van der Waals surface area contributed by atoms with E-state index in [2.05, 4.69) is 11.8 Å². The van der Waals surface area contributed by atoms with E-state index in [0.717, 1.165) is 19.4 Å². The first-order valence-corrected chi connectivity index (χ1v) is 10.4. The van der Waals surface area contributed by atoms with E-state index in [4.69, 9.17) is 0 Å². The molecule has 1 atom stereocenters. The van der Waals surface area contributed by atoms with Crippen LogP contribution in [0.2, 0.25) is 0 Å². The minimum Gasteiger partial charge on any atom is -0.340 e. The van der Waals surface area contributed by atoms with E-state index in [1.165, 1.54) is 19.3 Å². The summed E-state index contributed by atoms with van der Waals surface area (Å²) in [5, 5.41) is 0. The molecule has 1 unspecified atom stereocenters. The van der Waals surface area contributed by atoms with Gasteiger partial charge in [-0.1, -0.05) is 19.3 Å². The van der Waals surface area contributed by atoms with Gasteiger partial charge in [0.15, 0.2) is 9.84 Å². The molecule has 1 amide bonds. The fourth-order valence-electron chi connectivity index (χ4n) is 3.75. The van der Waals surface area contributed by atoms with Crippen LogP contribution in [0, 0.1) is 0 Å². The summed E-state index contributed by atoms with van der Waals surface area (Å²) in [6.07, 6.45) is 7.22. The first kappa shape index (κ1) is 17.7. The molecule has 128 valence electrons. The fourth-order valence-corrected chi connectivity index (χ4v) is 5.56. The number of carbonyl (C=O) groups excluding carboxylic acids is 1. The Kier molecular flexibility index (Phi) is 6.26. The van der Waals surface area contributed by atoms with E-state index >= 15 is 0 Å². The molecule has 1 aliphatic carbocycles. The maximum atomic E-state index is 12.5. The van der Waals surface area contributed by atoms with Crippen LogP contribution in [0.5, 0.6) is 0 Å². The number of rotatable bonds is 6. The Morgan fingerprint density at radius 3 is 2.32 bits per heavy atom. The summed E-state index contributed by atoms with van der Waals surface area (Å²) in [5.74, 6) is 0.763. The molecule has 1 saturated heterocycles. The first-order chi connectivity index (χ1) is 10.4. The Bertz CT molecular complexity index is 472. The summed E-state index contributed by atoms with van der Waals surface area (Å²) in [6.45, 7) is 3.49. The highest BCUT2D eigenvalue weighted by atomic mass is 32.2. The predicted molar refractivity (Wildman–Crippen MR) is 88.6 cm³/mol. The Morgan fingerprint density at radius 2 is 1.77 bits per heavy atom. The number of nitrogens with zero attached hydrogens (tertiary/aromatic N) is 2. The zero-order valence-electron chi connectivity index (χ0n) is 14.0. The molecule has 0 aromatic rings. The van der Waals surface area contributed by atoms with Crippen molar-refractivity contribution in [1.82, 2.24) is 9.80 Å². The molecule has 5 nitrogen and oxygen atoms in total. The average molecular weight is 330 g/mol. The molecule has 2 aliphatic rings. The minimum atomic E-state index is -2.85. The topological polar surface area (TPSA) is 57.7 Å². The molecule has 1 saturated carbocycles. The second kappa shape index (κ2) is 7.77. The van der Waals surface area contributed by atoms with Gasteiger partial charge in [-0.15, -0.1) is 0 Å². The summed E-state index contributed by atoms with van der Waals surface area (Å²) in [7, 11) is -0.914. The third kappa shape index (κ3) is 4.69. The van der Waals surface area contributed by atoms with Gasteiger partial charge in [-0.05, 0) is 33.2 Å². The maximum Gasteiger partial charge on any atom is 0.224 e. The highest BCUT2D eigenvalue weighted by Crippen LogP contribution is 2.23. The first-order valence-electron chi connectivity index (χ1n) is 8.63. The Labute approximate surface area is 135 Å². The summed E-state index contributed by atoms with van der Waals surface area (Å²) in [4.78, 5) is 16.6. The van der Waals surface area contributed by atoms with Gasteiger partial charge in [0, 0.05) is 31.6 Å². The van der Waals surface area contributed by atoms with E-state index in [1.54, 1.807) is 0 Å². The van der Waals surface area contributed by atoms with Crippen molar-refractivity contribution >= 4 is 15.7 Å². The molecule has 2 fully saturated rings. The summed E-state index contributed by atoms with van der Waals surface area (Å²) in [5.41, 5.74) is 0. The molecule has 22 heavy (non-hydrogen) atoms. The molecule has 2 rings (SSSR count). The monoisotopic (exact) mass is 330 g/mol. The number of amides is 1. The summed E-state index contributed by atoms with van der Waals surface area (Å²) >= 11 is 0. The lowest BCUT2D eigenvalue weighted by Crippen LogP contribution is -2.43. The van der Waals surface area contributed by atoms with Crippen LogP contribution in [0.25, 0.3) is 0 Å². The standard InChI is InChI=1S/C16H30N2O3S/c1-3-18(14-7-5-4-6-8-14)16(19)9-11-17(2)15-10-12-22(20,21)13-15/h14-15H,3-13H2,1-2H3. The van der Waals surface area contributed by atoms with Gasteiger partial charge in [-0.2, -0.15) is 0 Å². The fraction of sp³-hybridized carbons (Fsp3) is 0.938. The molecule has 1 heterocycles. The summed E-state index contributed by atoms with van der Waals surface area (Å²) in [6, 6.07) is 0.506. The molecule has 0 spiro atoms. The van der Waals surface area contributed by atoms with Crippen molar-refractivity contribution in [1.29, 1.82) is 0 Å². The van der Waals surface area contributed by atoms with Gasteiger partial charge in [-0.25, -0.2) is 8.42 Å². The van der Waals surface area contributed by atoms with Gasteiger partial charge in [0.2, 0.25) is 5.91 Å². The minimum absolute atomic E-state index is 0.0857. The van der Waals surface area contributed by atoms with Gasteiger partial charge >= 0.3 is 0 Å². The van der Waals surface area contributed by atoms with E-state index in [-0.39, 0.29) is 17.7 Å². The number of hydrogen-bond acceptors (Lipinski definition) is 4. The van der Waals surface area contributed by atoms with Crippen LogP contribution in [-0.4, -0.2) is 67.9 Å². The molecule has 0 aromatic carbocycles. The molecule has 0 N–H and O–H groups in total. The van der Waals surface area contributed by atoms with E-state index in [9.17, 15) is 13.2 Å². The van der Waals surface area contributed by atoms with Gasteiger partial charge < -0.3 is 9.80 Å². The molecule has 6 heteroatoms. The van der Waals surface area contributed by atoms with Crippen LogP contribution in [0.4, 0.5) is 0 Å². The highest BCUT2D eigenvalue weighted by molar-refractivity contribution is 7.91. The molecular weight excluding hydrogens is 300 g/mol. The van der Waals surface area contributed by atoms with Crippen molar-refractivity contribution in [2.75, 3.05) is 31.6 Å². The third-order valence-corrected chi connectivity index (χ3v) is 6.94. The number of hydrogen-bond donors (Lipinski definition) is 0. The SMILES string of the molecule is CCN(C(=O)CCN(C)C1CCS(=O)(=O)C1)C1CCCCC1. The summed E-state index contributed by atoms with van der Waals surface area (Å²) < 4.78 is 23.1.